The van der Waals surface area contributed by atoms with Crippen LogP contribution in [0.15, 0.2) is 164 Å². The van der Waals surface area contributed by atoms with Gasteiger partial charge in [0.05, 0.1) is 22.1 Å². The summed E-state index contributed by atoms with van der Waals surface area (Å²) in [5.74, 6) is -0.361. The van der Waals surface area contributed by atoms with Crippen LogP contribution < -0.4 is 0 Å². The molecule has 0 aliphatic heterocycles. The van der Waals surface area contributed by atoms with Crippen molar-refractivity contribution in [2.24, 2.45) is 0 Å². The molecule has 0 saturated heterocycles. The number of para-hydroxylation sites is 1. The van der Waals surface area contributed by atoms with Gasteiger partial charge in [-0.05, 0) is 104 Å². The van der Waals surface area contributed by atoms with Crippen molar-refractivity contribution in [2.45, 2.75) is 85.2 Å². The molecular weight excluding hydrogens is 986 g/mol. The van der Waals surface area contributed by atoms with Crippen LogP contribution in [0.3, 0.4) is 0 Å². The van der Waals surface area contributed by atoms with Crippen molar-refractivity contribution < 1.29 is 45.4 Å². The molecule has 0 aliphatic carbocycles. The smallest absolute Gasteiger partial charge is 0.148 e. The zero-order valence-electron chi connectivity index (χ0n) is 51.5. The van der Waals surface area contributed by atoms with Gasteiger partial charge in [-0.1, -0.05) is 194 Å². The van der Waals surface area contributed by atoms with Crippen molar-refractivity contribution in [2.75, 3.05) is 0 Å². The fraction of sp³-hybridized carbons (Fsp3) is 0.213. The Kier molecular flexibility index (Phi) is 9.02. The summed E-state index contributed by atoms with van der Waals surface area (Å²) in [6, 6.07) is 42.0. The van der Waals surface area contributed by atoms with E-state index < -0.39 is 61.6 Å². The number of nitrogens with zero attached hydrogens (tertiary/aromatic N) is 3. The van der Waals surface area contributed by atoms with Crippen LogP contribution in [0.1, 0.15) is 121 Å². The Balaban J connectivity index is 0.00000841. The van der Waals surface area contributed by atoms with Crippen molar-refractivity contribution >= 4 is 11.0 Å². The summed E-state index contributed by atoms with van der Waals surface area (Å²) in [6.07, 6.45) is 1.40. The minimum Gasteiger partial charge on any atom is -0.507 e. The Labute approximate surface area is 425 Å². The molecule has 334 valence electrons. The third-order valence-electron chi connectivity index (χ3n) is 11.8. The molecule has 1 N–H and O–H groups in total. The molecule has 0 saturated carbocycles. The quantitative estimate of drug-likeness (QED) is 0.139. The Morgan fingerprint density at radius 3 is 1.92 bits per heavy atom. The Morgan fingerprint density at radius 2 is 1.29 bits per heavy atom. The number of benzene rings is 7. The second-order valence-corrected chi connectivity index (χ2v) is 17.4. The minimum atomic E-state index is -3.82. The zero-order chi connectivity index (χ0) is 57.5. The molecule has 9 rings (SSSR count). The molecule has 0 amide bonds. The molecule has 0 unspecified atom stereocenters. The van der Waals surface area contributed by atoms with E-state index in [2.05, 4.69) is 26.0 Å². The van der Waals surface area contributed by atoms with Crippen LogP contribution in [0.2, 0.25) is 0 Å². The number of aromatic nitrogens is 3. The van der Waals surface area contributed by atoms with Crippen molar-refractivity contribution in [1.29, 1.82) is 0 Å². The van der Waals surface area contributed by atoms with Gasteiger partial charge in [-0.25, -0.2) is 4.98 Å². The molecule has 0 aliphatic rings. The number of rotatable bonds is 10. The summed E-state index contributed by atoms with van der Waals surface area (Å²) in [7, 11) is 0. The van der Waals surface area contributed by atoms with E-state index in [0.717, 1.165) is 44.6 Å². The zero-order valence-corrected chi connectivity index (χ0v) is 39.8. The number of pyridine rings is 1. The SMILES string of the molecule is [2H]c1c([2H])c(C(C([2H])([2H])[2H])(C([2H])([2H])[2H])C([2H])([2H])[2H])c([2H])c([2H])c1-c1ccnc(-c2[c-]c(-c3cccc4c3nc(-c3cc(C(C)C)cc(C(C)C)c3O)n4-c3cc(-c4ccccc4)cc(C([2H])(C)C)c3)cc(-c3ccccc3)c2)c1.[Pt]. The minimum absolute atomic E-state index is 0. The molecule has 2 heterocycles. The second-order valence-electron chi connectivity index (χ2n) is 17.4. The monoisotopic (exact) mass is 1060 g/mol. The number of hydrogen-bond donors (Lipinski definition) is 1. The third-order valence-corrected chi connectivity index (χ3v) is 11.8. The van der Waals surface area contributed by atoms with Gasteiger partial charge in [0.25, 0.3) is 0 Å². The van der Waals surface area contributed by atoms with Gasteiger partial charge in [-0.2, -0.15) is 0 Å². The molecular formula is C61H58N3OPt-. The average molecular weight is 1060 g/mol. The molecule has 0 atom stereocenters. The molecule has 66 heavy (non-hydrogen) atoms. The predicted molar refractivity (Wildman–Crippen MR) is 273 cm³/mol. The standard InChI is InChI=1S/C61H58N3O.Pt/c1-38(2)45-29-48(42-19-14-11-15-20-42)34-52(33-45)64-57-22-16-21-53(58(57)63-60(64)55-36-46(39(3)4)35-54(40(5)6)59(55)65)49-30-47(41-17-12-10-13-18-41)31-50(32-49)56-37-44(27-28-62-56)43-23-25-51(26-24-43)61(7,8)9;/h10-31,33-40,65H,1-9H3;/q-1;/i7D3,8D3,9D3,23D,24D,25D,26D,38D;. The molecule has 2 aromatic heterocycles. The van der Waals surface area contributed by atoms with Crippen molar-refractivity contribution in [3.05, 3.63) is 192 Å². The van der Waals surface area contributed by atoms with Gasteiger partial charge in [0.15, 0.2) is 0 Å². The number of hydrogen-bond acceptors (Lipinski definition) is 3. The van der Waals surface area contributed by atoms with E-state index in [9.17, 15) is 6.48 Å². The summed E-state index contributed by atoms with van der Waals surface area (Å²) in [4.78, 5) is 10.2. The van der Waals surface area contributed by atoms with Gasteiger partial charge < -0.3 is 5.11 Å². The maximum absolute atomic E-state index is 12.3. The fourth-order valence-electron chi connectivity index (χ4n) is 8.24. The number of phenolic OH excluding ortho intramolecular Hbond substituents is 1. The first-order valence-corrected chi connectivity index (χ1v) is 21.8. The van der Waals surface area contributed by atoms with Gasteiger partial charge in [-0.3, -0.25) is 9.55 Å². The first-order valence-electron chi connectivity index (χ1n) is 28.8. The largest absolute Gasteiger partial charge is 0.507 e. The van der Waals surface area contributed by atoms with Gasteiger partial charge in [-0.15, -0.1) is 23.8 Å². The third kappa shape index (κ3) is 9.22. The van der Waals surface area contributed by atoms with Crippen molar-refractivity contribution in [3.8, 4) is 78.6 Å². The van der Waals surface area contributed by atoms with E-state index in [1.807, 2.05) is 148 Å². The van der Waals surface area contributed by atoms with Crippen LogP contribution >= 0.6 is 0 Å². The Hall–Kier alpha value is -6.35. The number of fused-ring (bicyclic) bond motifs is 1. The van der Waals surface area contributed by atoms with Crippen molar-refractivity contribution in [3.63, 3.8) is 0 Å². The van der Waals surface area contributed by atoms with Crippen molar-refractivity contribution in [1.82, 2.24) is 14.5 Å². The molecule has 4 nitrogen and oxygen atoms in total. The Bertz CT molecular complexity index is 3740. The van der Waals surface area contributed by atoms with Crippen LogP contribution in [0, 0.1) is 6.07 Å². The summed E-state index contributed by atoms with van der Waals surface area (Å²) in [6.45, 7) is 0.516. The average Bonchev–Trinajstić information content (AvgIpc) is 3.92. The molecule has 0 radical (unpaired) electrons. The van der Waals surface area contributed by atoms with Gasteiger partial charge in [0, 0.05) is 52.4 Å². The van der Waals surface area contributed by atoms with Crippen LogP contribution in [0.5, 0.6) is 5.75 Å². The maximum Gasteiger partial charge on any atom is 0.148 e. The summed E-state index contributed by atoms with van der Waals surface area (Å²) in [5, 5.41) is 12.3. The molecule has 0 spiro atoms. The van der Waals surface area contributed by atoms with E-state index in [4.69, 9.17) is 27.8 Å². The van der Waals surface area contributed by atoms with Gasteiger partial charge >= 0.3 is 0 Å². The predicted octanol–water partition coefficient (Wildman–Crippen LogP) is 16.6. The number of imidazole rings is 1. The second kappa shape index (κ2) is 18.9. The maximum atomic E-state index is 12.3. The molecule has 0 fully saturated rings. The molecule has 5 heteroatoms. The van der Waals surface area contributed by atoms with Crippen LogP contribution in [-0.4, -0.2) is 19.6 Å². The Morgan fingerprint density at radius 1 is 0.621 bits per heavy atom. The first-order chi connectivity index (χ1) is 37.0. The normalized spacial score (nSPS) is 15.6. The summed E-state index contributed by atoms with van der Waals surface area (Å²) >= 11 is 0. The van der Waals surface area contributed by atoms with E-state index >= 15 is 0 Å². The van der Waals surface area contributed by atoms with Gasteiger partial charge in [0.1, 0.15) is 11.6 Å². The van der Waals surface area contributed by atoms with E-state index in [0.29, 0.717) is 39.1 Å². The van der Waals surface area contributed by atoms with Crippen LogP contribution in [0.25, 0.3) is 83.9 Å². The fourth-order valence-corrected chi connectivity index (χ4v) is 8.24. The summed E-state index contributed by atoms with van der Waals surface area (Å²) in [5.41, 5.74) is 5.19. The number of aromatic hydroxyl groups is 1. The van der Waals surface area contributed by atoms with E-state index in [1.165, 1.54) is 18.3 Å². The topological polar surface area (TPSA) is 50.9 Å². The molecule has 0 bridgehead atoms. The molecule has 7 aromatic carbocycles. The first kappa shape index (κ1) is 31.5. The van der Waals surface area contributed by atoms with Crippen LogP contribution in [-0.2, 0) is 26.5 Å². The molecule has 9 aromatic rings. The van der Waals surface area contributed by atoms with Gasteiger partial charge in [0.2, 0.25) is 0 Å². The summed E-state index contributed by atoms with van der Waals surface area (Å²) < 4.78 is 122. The van der Waals surface area contributed by atoms with E-state index in [-0.39, 0.29) is 55.5 Å². The number of phenols is 1. The van der Waals surface area contributed by atoms with Crippen LogP contribution in [0.4, 0.5) is 0 Å². The van der Waals surface area contributed by atoms with E-state index in [1.54, 1.807) is 0 Å².